The fourth-order valence-electron chi connectivity index (χ4n) is 1.75. The van der Waals surface area contributed by atoms with Crippen LogP contribution in [0.5, 0.6) is 0 Å². The minimum Gasteiger partial charge on any atom is -0.350 e. The number of carbonyl (C=O) groups is 1. The second-order valence-electron chi connectivity index (χ2n) is 4.75. The van der Waals surface area contributed by atoms with Crippen LogP contribution in [0, 0.1) is 5.82 Å². The van der Waals surface area contributed by atoms with Gasteiger partial charge in [0.05, 0.1) is 17.4 Å². The van der Waals surface area contributed by atoms with Crippen molar-refractivity contribution in [2.24, 2.45) is 0 Å². The van der Waals surface area contributed by atoms with Crippen LogP contribution >= 0.6 is 23.2 Å². The monoisotopic (exact) mass is 342 g/mol. The number of halogens is 3. The average Bonchev–Trinajstić information content (AvgIpc) is 2.42. The fourth-order valence-corrected chi connectivity index (χ4v) is 2.03. The van der Waals surface area contributed by atoms with E-state index >= 15 is 0 Å². The van der Waals surface area contributed by atoms with Crippen LogP contribution < -0.4 is 10.6 Å². The SMILES string of the molecule is CC(C)NC(=O)c1c(F)cccc1Nc1nc(Cl)ncc1Cl. The first-order valence-electron chi connectivity index (χ1n) is 6.43. The molecule has 0 spiro atoms. The van der Waals surface area contributed by atoms with E-state index in [1.54, 1.807) is 19.9 Å². The predicted octanol–water partition coefficient (Wildman–Crippen LogP) is 3.80. The Morgan fingerprint density at radius 2 is 2.05 bits per heavy atom. The smallest absolute Gasteiger partial charge is 0.256 e. The third-order valence-electron chi connectivity index (χ3n) is 2.63. The molecule has 2 aromatic rings. The summed E-state index contributed by atoms with van der Waals surface area (Å²) in [6, 6.07) is 4.09. The van der Waals surface area contributed by atoms with E-state index in [1.807, 2.05) is 0 Å². The molecule has 8 heteroatoms. The van der Waals surface area contributed by atoms with Crippen molar-refractivity contribution in [1.29, 1.82) is 0 Å². The van der Waals surface area contributed by atoms with Crippen LogP contribution in [0.1, 0.15) is 24.2 Å². The summed E-state index contributed by atoms with van der Waals surface area (Å²) in [7, 11) is 0. The summed E-state index contributed by atoms with van der Waals surface area (Å²) in [6.45, 7) is 3.57. The van der Waals surface area contributed by atoms with Crippen LogP contribution in [0.15, 0.2) is 24.4 Å². The van der Waals surface area contributed by atoms with Crippen molar-refractivity contribution in [3.05, 3.63) is 46.1 Å². The lowest BCUT2D eigenvalue weighted by atomic mass is 10.1. The van der Waals surface area contributed by atoms with Gasteiger partial charge in [-0.2, -0.15) is 4.98 Å². The summed E-state index contributed by atoms with van der Waals surface area (Å²) < 4.78 is 14.0. The molecule has 0 aliphatic rings. The third kappa shape index (κ3) is 3.84. The van der Waals surface area contributed by atoms with Gasteiger partial charge in [-0.15, -0.1) is 0 Å². The maximum atomic E-state index is 14.0. The Labute approximate surface area is 136 Å². The van der Waals surface area contributed by atoms with Gasteiger partial charge in [0.15, 0.2) is 5.82 Å². The maximum Gasteiger partial charge on any atom is 0.256 e. The van der Waals surface area contributed by atoms with Gasteiger partial charge in [-0.25, -0.2) is 9.37 Å². The molecule has 5 nitrogen and oxygen atoms in total. The normalized spacial score (nSPS) is 10.6. The highest BCUT2D eigenvalue weighted by Gasteiger charge is 2.18. The number of hydrogen-bond donors (Lipinski definition) is 2. The first kappa shape index (κ1) is 16.5. The third-order valence-corrected chi connectivity index (χ3v) is 3.09. The number of benzene rings is 1. The quantitative estimate of drug-likeness (QED) is 0.829. The molecule has 0 fully saturated rings. The predicted molar refractivity (Wildman–Crippen MR) is 84.3 cm³/mol. The molecule has 0 aliphatic carbocycles. The summed E-state index contributed by atoms with van der Waals surface area (Å²) in [5.74, 6) is -1.00. The number of nitrogens with zero attached hydrogens (tertiary/aromatic N) is 2. The van der Waals surface area contributed by atoms with Crippen molar-refractivity contribution in [3.8, 4) is 0 Å². The molecule has 0 bridgehead atoms. The minimum atomic E-state index is -0.653. The average molecular weight is 343 g/mol. The van der Waals surface area contributed by atoms with Gasteiger partial charge >= 0.3 is 0 Å². The maximum absolute atomic E-state index is 14.0. The number of carbonyl (C=O) groups excluding carboxylic acids is 1. The Kier molecular flexibility index (Phi) is 5.15. The highest BCUT2D eigenvalue weighted by Crippen LogP contribution is 2.27. The van der Waals surface area contributed by atoms with Gasteiger partial charge < -0.3 is 10.6 Å². The molecule has 22 heavy (non-hydrogen) atoms. The van der Waals surface area contributed by atoms with E-state index in [9.17, 15) is 9.18 Å². The standard InChI is InChI=1S/C14H13Cl2FN4O/c1-7(2)19-13(22)11-9(17)4-3-5-10(11)20-12-8(15)6-18-14(16)21-12/h3-7H,1-2H3,(H,19,22)(H,18,20,21). The molecule has 1 amide bonds. The van der Waals surface area contributed by atoms with E-state index in [2.05, 4.69) is 20.6 Å². The lowest BCUT2D eigenvalue weighted by Gasteiger charge is -2.14. The van der Waals surface area contributed by atoms with Crippen molar-refractivity contribution in [2.75, 3.05) is 5.32 Å². The molecular weight excluding hydrogens is 330 g/mol. The largest absolute Gasteiger partial charge is 0.350 e. The summed E-state index contributed by atoms with van der Waals surface area (Å²) >= 11 is 11.7. The summed E-state index contributed by atoms with van der Waals surface area (Å²) in [4.78, 5) is 19.8. The Bertz CT molecular complexity index is 709. The molecule has 1 aromatic heterocycles. The molecule has 0 radical (unpaired) electrons. The van der Waals surface area contributed by atoms with Crippen LogP contribution in [0.25, 0.3) is 0 Å². The second-order valence-corrected chi connectivity index (χ2v) is 5.50. The Hall–Kier alpha value is -1.92. The van der Waals surface area contributed by atoms with Crippen molar-refractivity contribution in [1.82, 2.24) is 15.3 Å². The first-order valence-corrected chi connectivity index (χ1v) is 7.18. The number of nitrogens with one attached hydrogen (secondary N) is 2. The van der Waals surface area contributed by atoms with Gasteiger partial charge in [0.2, 0.25) is 5.28 Å². The Balaban J connectivity index is 2.41. The van der Waals surface area contributed by atoms with Crippen LogP contribution in [0.4, 0.5) is 15.9 Å². The summed E-state index contributed by atoms with van der Waals surface area (Å²) in [5.41, 5.74) is 0.108. The molecule has 1 heterocycles. The number of aromatic nitrogens is 2. The molecule has 0 unspecified atom stereocenters. The van der Waals surface area contributed by atoms with Crippen LogP contribution in [-0.2, 0) is 0 Å². The van der Waals surface area contributed by atoms with E-state index in [0.29, 0.717) is 0 Å². The highest BCUT2D eigenvalue weighted by molar-refractivity contribution is 6.33. The molecule has 0 saturated carbocycles. The topological polar surface area (TPSA) is 66.9 Å². The number of anilines is 2. The number of rotatable bonds is 4. The van der Waals surface area contributed by atoms with Crippen LogP contribution in [0.3, 0.4) is 0 Å². The van der Waals surface area contributed by atoms with Crippen molar-refractivity contribution in [3.63, 3.8) is 0 Å². The second kappa shape index (κ2) is 6.89. The lowest BCUT2D eigenvalue weighted by molar-refractivity contribution is 0.0940. The summed E-state index contributed by atoms with van der Waals surface area (Å²) in [5, 5.41) is 5.63. The first-order chi connectivity index (χ1) is 10.4. The lowest BCUT2D eigenvalue weighted by Crippen LogP contribution is -2.31. The Morgan fingerprint density at radius 1 is 1.32 bits per heavy atom. The van der Waals surface area contributed by atoms with Crippen molar-refractivity contribution >= 4 is 40.6 Å². The van der Waals surface area contributed by atoms with Gasteiger partial charge in [-0.1, -0.05) is 17.7 Å². The van der Waals surface area contributed by atoms with E-state index in [4.69, 9.17) is 23.2 Å². The zero-order valence-electron chi connectivity index (χ0n) is 11.8. The van der Waals surface area contributed by atoms with Crippen molar-refractivity contribution in [2.45, 2.75) is 19.9 Å². The molecule has 1 aromatic carbocycles. The number of amides is 1. The van der Waals surface area contributed by atoms with Gasteiger partial charge in [0, 0.05) is 6.04 Å². The van der Waals surface area contributed by atoms with Crippen LogP contribution in [0.2, 0.25) is 10.3 Å². The minimum absolute atomic E-state index is 0.0171. The van der Waals surface area contributed by atoms with Gasteiger partial charge in [-0.3, -0.25) is 4.79 Å². The molecule has 2 N–H and O–H groups in total. The Morgan fingerprint density at radius 3 is 2.73 bits per heavy atom. The van der Waals surface area contributed by atoms with Crippen LogP contribution in [-0.4, -0.2) is 21.9 Å². The van der Waals surface area contributed by atoms with E-state index in [-0.39, 0.29) is 33.4 Å². The molecule has 0 aliphatic heterocycles. The van der Waals surface area contributed by atoms with E-state index in [1.165, 1.54) is 18.3 Å². The van der Waals surface area contributed by atoms with Gasteiger partial charge in [0.25, 0.3) is 5.91 Å². The van der Waals surface area contributed by atoms with E-state index < -0.39 is 11.7 Å². The summed E-state index contributed by atoms with van der Waals surface area (Å²) in [6.07, 6.45) is 1.31. The number of hydrogen-bond acceptors (Lipinski definition) is 4. The van der Waals surface area contributed by atoms with Crippen molar-refractivity contribution < 1.29 is 9.18 Å². The van der Waals surface area contributed by atoms with Gasteiger partial charge in [0.1, 0.15) is 10.8 Å². The molecule has 0 saturated heterocycles. The molecule has 116 valence electrons. The van der Waals surface area contributed by atoms with Gasteiger partial charge in [-0.05, 0) is 37.6 Å². The highest BCUT2D eigenvalue weighted by atomic mass is 35.5. The fraction of sp³-hybridized carbons (Fsp3) is 0.214. The van der Waals surface area contributed by atoms with E-state index in [0.717, 1.165) is 0 Å². The molecular formula is C14H13Cl2FN4O. The zero-order valence-corrected chi connectivity index (χ0v) is 13.3. The zero-order chi connectivity index (χ0) is 16.3. The molecule has 0 atom stereocenters. The molecule has 2 rings (SSSR count).